The number of benzene rings is 2. The first-order valence-electron chi connectivity index (χ1n) is 12.4. The lowest BCUT2D eigenvalue weighted by atomic mass is 10.2. The molecule has 0 saturated heterocycles. The molecule has 9 nitrogen and oxygen atoms in total. The summed E-state index contributed by atoms with van der Waals surface area (Å²) in [6.07, 6.45) is 2.30. The summed E-state index contributed by atoms with van der Waals surface area (Å²) in [7, 11) is -3.93. The van der Waals surface area contributed by atoms with Crippen LogP contribution in [-0.4, -0.2) is 43.9 Å². The average molecular weight is 520 g/mol. The summed E-state index contributed by atoms with van der Waals surface area (Å²) in [5.41, 5.74) is 5.65. The molecule has 0 spiro atoms. The smallest absolute Gasteiger partial charge is 0.415 e. The number of hydrogen-bond acceptors (Lipinski definition) is 7. The van der Waals surface area contributed by atoms with Gasteiger partial charge in [-0.2, -0.15) is 0 Å². The highest BCUT2D eigenvalue weighted by Gasteiger charge is 2.40. The van der Waals surface area contributed by atoms with Crippen LogP contribution in [0.2, 0.25) is 0 Å². The van der Waals surface area contributed by atoms with E-state index >= 15 is 0 Å². The molecule has 2 rings (SSSR count). The van der Waals surface area contributed by atoms with Crippen molar-refractivity contribution in [3.8, 4) is 11.5 Å². The van der Waals surface area contributed by atoms with Gasteiger partial charge in [-0.25, -0.2) is 4.57 Å². The Hall–Kier alpha value is -2.87. The molecule has 0 bridgehead atoms. The van der Waals surface area contributed by atoms with Gasteiger partial charge in [0.1, 0.15) is 11.5 Å². The molecule has 0 aliphatic rings. The third kappa shape index (κ3) is 11.2. The number of carbonyl (C=O) groups is 2. The predicted octanol–water partition coefficient (Wildman–Crippen LogP) is 4.23. The lowest BCUT2D eigenvalue weighted by Crippen LogP contribution is -2.38. The average Bonchev–Trinajstić information content (AvgIpc) is 2.88. The molecule has 0 saturated carbocycles. The monoisotopic (exact) mass is 519 g/mol. The van der Waals surface area contributed by atoms with E-state index in [2.05, 4.69) is 10.6 Å². The van der Waals surface area contributed by atoms with Crippen molar-refractivity contribution >= 4 is 19.4 Å². The van der Waals surface area contributed by atoms with Crippen LogP contribution in [0.5, 0.6) is 11.5 Å². The van der Waals surface area contributed by atoms with Gasteiger partial charge >= 0.3 is 7.60 Å². The highest BCUT2D eigenvalue weighted by Crippen LogP contribution is 2.53. The van der Waals surface area contributed by atoms with Crippen LogP contribution in [0.4, 0.5) is 0 Å². The van der Waals surface area contributed by atoms with Crippen molar-refractivity contribution in [2.24, 2.45) is 5.73 Å². The topological polar surface area (TPSA) is 129 Å². The molecular weight excluding hydrogens is 481 g/mol. The largest absolute Gasteiger partial charge is 0.452 e. The maximum Gasteiger partial charge on any atom is 0.452 e. The zero-order valence-electron chi connectivity index (χ0n) is 20.9. The minimum absolute atomic E-state index is 0.0133. The molecule has 36 heavy (non-hydrogen) atoms. The summed E-state index contributed by atoms with van der Waals surface area (Å²) in [5, 5.41) is 5.57. The van der Waals surface area contributed by atoms with Gasteiger partial charge in [-0.1, -0.05) is 36.4 Å². The Morgan fingerprint density at radius 2 is 1.47 bits per heavy atom. The SMILES string of the molecule is CCOCCCNC(=O)CCC(=O)NC(CCCCN)P(=O)(Oc1ccccc1)Oc1ccccc1. The predicted molar refractivity (Wildman–Crippen MR) is 140 cm³/mol. The molecule has 1 unspecified atom stereocenters. The van der Waals surface area contributed by atoms with Crippen LogP contribution in [0.3, 0.4) is 0 Å². The van der Waals surface area contributed by atoms with Gasteiger partial charge in [-0.3, -0.25) is 9.59 Å². The molecule has 0 heterocycles. The summed E-state index contributed by atoms with van der Waals surface area (Å²) in [4.78, 5) is 24.9. The summed E-state index contributed by atoms with van der Waals surface area (Å²) in [5.74, 6) is -0.842. The maximum atomic E-state index is 14.2. The second kappa shape index (κ2) is 16.7. The number of hydrogen-bond donors (Lipinski definition) is 3. The zero-order valence-corrected chi connectivity index (χ0v) is 21.8. The number of para-hydroxylation sites is 2. The van der Waals surface area contributed by atoms with Crippen molar-refractivity contribution in [1.29, 1.82) is 0 Å². The Kier molecular flexibility index (Phi) is 13.7. The fourth-order valence-electron chi connectivity index (χ4n) is 3.31. The molecule has 0 aromatic heterocycles. The van der Waals surface area contributed by atoms with Crippen LogP contribution >= 0.6 is 7.60 Å². The van der Waals surface area contributed by atoms with Crippen LogP contribution in [0.25, 0.3) is 0 Å². The minimum Gasteiger partial charge on any atom is -0.415 e. The fraction of sp³-hybridized carbons (Fsp3) is 0.462. The van der Waals surface area contributed by atoms with Crippen LogP contribution in [0.15, 0.2) is 60.7 Å². The van der Waals surface area contributed by atoms with Gasteiger partial charge in [0, 0.05) is 32.6 Å². The van der Waals surface area contributed by atoms with E-state index in [1.807, 2.05) is 19.1 Å². The first-order valence-corrected chi connectivity index (χ1v) is 14.0. The number of carbonyl (C=O) groups excluding carboxylic acids is 2. The van der Waals surface area contributed by atoms with E-state index < -0.39 is 19.3 Å². The summed E-state index contributed by atoms with van der Waals surface area (Å²) in [6, 6.07) is 17.4. The van der Waals surface area contributed by atoms with E-state index in [1.54, 1.807) is 48.5 Å². The molecule has 1 atom stereocenters. The zero-order chi connectivity index (χ0) is 26.1. The number of unbranched alkanes of at least 4 members (excludes halogenated alkanes) is 1. The number of rotatable bonds is 18. The number of amides is 2. The van der Waals surface area contributed by atoms with Gasteiger partial charge in [0.25, 0.3) is 0 Å². The van der Waals surface area contributed by atoms with Crippen LogP contribution in [0, 0.1) is 0 Å². The maximum absolute atomic E-state index is 14.2. The van der Waals surface area contributed by atoms with E-state index in [0.717, 1.165) is 0 Å². The third-order valence-corrected chi connectivity index (χ3v) is 7.24. The van der Waals surface area contributed by atoms with Crippen LogP contribution in [-0.2, 0) is 18.9 Å². The molecule has 2 aromatic rings. The number of ether oxygens (including phenoxy) is 1. The molecule has 10 heteroatoms. The van der Waals surface area contributed by atoms with Crippen LogP contribution in [0.1, 0.15) is 45.4 Å². The van der Waals surface area contributed by atoms with Crippen molar-refractivity contribution in [3.05, 3.63) is 60.7 Å². The lowest BCUT2D eigenvalue weighted by molar-refractivity contribution is -0.126. The van der Waals surface area contributed by atoms with E-state index in [4.69, 9.17) is 19.5 Å². The molecule has 2 amide bonds. The molecule has 198 valence electrons. The van der Waals surface area contributed by atoms with E-state index in [9.17, 15) is 14.2 Å². The van der Waals surface area contributed by atoms with Crippen LogP contribution < -0.4 is 25.4 Å². The van der Waals surface area contributed by atoms with Crippen molar-refractivity contribution in [2.45, 2.75) is 51.2 Å². The first kappa shape index (κ1) is 29.4. The standard InChI is InChI=1S/C26H38N3O6P/c1-2-33-21-11-20-28-24(30)17-18-25(31)29-26(16-9-10-19-27)36(32,34-22-12-5-3-6-13-22)35-23-14-7-4-8-15-23/h3-8,12-15,26H,2,9-11,16-21,27H2,1H3,(H,28,30)(H,29,31). The second-order valence-corrected chi connectivity index (χ2v) is 10.2. The molecule has 2 aromatic carbocycles. The number of nitrogens with two attached hydrogens (primary N) is 1. The molecular formula is C26H38N3O6P. The van der Waals surface area contributed by atoms with Crippen molar-refractivity contribution < 1.29 is 27.9 Å². The lowest BCUT2D eigenvalue weighted by Gasteiger charge is -2.28. The Balaban J connectivity index is 2.09. The second-order valence-electron chi connectivity index (χ2n) is 8.12. The van der Waals surface area contributed by atoms with Crippen molar-refractivity contribution in [1.82, 2.24) is 10.6 Å². The molecule has 4 N–H and O–H groups in total. The molecule has 0 fully saturated rings. The normalized spacial score (nSPS) is 11.9. The minimum atomic E-state index is -3.93. The van der Waals surface area contributed by atoms with Gasteiger partial charge in [0.05, 0.1) is 0 Å². The highest BCUT2D eigenvalue weighted by atomic mass is 31.2. The highest BCUT2D eigenvalue weighted by molar-refractivity contribution is 7.55. The summed E-state index contributed by atoms with van der Waals surface area (Å²) < 4.78 is 31.2. The summed E-state index contributed by atoms with van der Waals surface area (Å²) in [6.45, 7) is 4.06. The van der Waals surface area contributed by atoms with Gasteiger partial charge < -0.3 is 30.2 Å². The first-order chi connectivity index (χ1) is 17.5. The van der Waals surface area contributed by atoms with Gasteiger partial charge in [-0.05, 0) is 63.4 Å². The number of nitrogens with one attached hydrogen (secondary N) is 2. The van der Waals surface area contributed by atoms with E-state index in [-0.39, 0.29) is 18.7 Å². The Bertz CT molecular complexity index is 900. The van der Waals surface area contributed by atoms with E-state index in [1.165, 1.54) is 0 Å². The van der Waals surface area contributed by atoms with Crippen molar-refractivity contribution in [3.63, 3.8) is 0 Å². The van der Waals surface area contributed by atoms with E-state index in [0.29, 0.717) is 63.5 Å². The molecule has 0 radical (unpaired) electrons. The van der Waals surface area contributed by atoms with Crippen molar-refractivity contribution in [2.75, 3.05) is 26.3 Å². The summed E-state index contributed by atoms with van der Waals surface area (Å²) >= 11 is 0. The third-order valence-electron chi connectivity index (χ3n) is 5.16. The van der Waals surface area contributed by atoms with Gasteiger partial charge in [0.15, 0.2) is 5.78 Å². The van der Waals surface area contributed by atoms with Gasteiger partial charge in [-0.15, -0.1) is 0 Å². The fourth-order valence-corrected chi connectivity index (χ4v) is 5.24. The van der Waals surface area contributed by atoms with Gasteiger partial charge in [0.2, 0.25) is 11.8 Å². The quantitative estimate of drug-likeness (QED) is 0.199. The Morgan fingerprint density at radius 1 is 0.889 bits per heavy atom. The molecule has 0 aliphatic heterocycles. The Labute approximate surface area is 213 Å². The Morgan fingerprint density at radius 3 is 2.03 bits per heavy atom. The molecule has 0 aliphatic carbocycles.